The number of rotatable bonds is 3. The minimum atomic E-state index is -1.96. The Kier molecular flexibility index (Phi) is 3.53. The Bertz CT molecular complexity index is 812. The van der Waals surface area contributed by atoms with Crippen LogP contribution in [0.2, 0.25) is 18.1 Å². The first-order chi connectivity index (χ1) is 11.6. The Morgan fingerprint density at radius 1 is 1.32 bits per heavy atom. The van der Waals surface area contributed by atoms with Crippen molar-refractivity contribution in [3.05, 3.63) is 12.7 Å². The van der Waals surface area contributed by atoms with E-state index in [0.717, 1.165) is 0 Å². The van der Waals surface area contributed by atoms with Gasteiger partial charge in [-0.15, -0.1) is 0 Å². The molecule has 2 N–H and O–H groups in total. The number of hydrogen-bond donors (Lipinski definition) is 1. The summed E-state index contributed by atoms with van der Waals surface area (Å²) >= 11 is 0. The zero-order valence-electron chi connectivity index (χ0n) is 15.3. The third-order valence-corrected chi connectivity index (χ3v) is 10.0. The summed E-state index contributed by atoms with van der Waals surface area (Å²) in [5.41, 5.74) is 7.14. The second-order valence-electron chi connectivity index (χ2n) is 8.41. The first-order valence-electron chi connectivity index (χ1n) is 8.55. The molecule has 2 aliphatic heterocycles. The topological polar surface area (TPSA) is 101 Å². The molecule has 0 aliphatic carbocycles. The summed E-state index contributed by atoms with van der Waals surface area (Å²) < 4.78 is 20.3. The van der Waals surface area contributed by atoms with Crippen molar-refractivity contribution in [2.24, 2.45) is 0 Å². The van der Waals surface area contributed by atoms with Crippen molar-refractivity contribution in [3.8, 4) is 0 Å². The van der Waals surface area contributed by atoms with Gasteiger partial charge in [0.15, 0.2) is 31.8 Å². The van der Waals surface area contributed by atoms with Gasteiger partial charge in [0.05, 0.1) is 12.4 Å². The predicted octanol–water partition coefficient (Wildman–Crippen LogP) is 2.44. The van der Waals surface area contributed by atoms with E-state index in [2.05, 4.69) is 48.8 Å². The van der Waals surface area contributed by atoms with Crippen LogP contribution >= 0.6 is 0 Å². The molecule has 4 heterocycles. The quantitative estimate of drug-likeness (QED) is 0.660. The Morgan fingerprint density at radius 3 is 2.68 bits per heavy atom. The molecule has 0 radical (unpaired) electrons. The number of nitrogen functional groups attached to an aromatic ring is 1. The van der Waals surface area contributed by atoms with Gasteiger partial charge in [-0.3, -0.25) is 4.57 Å². The van der Waals surface area contributed by atoms with Gasteiger partial charge in [-0.05, 0) is 18.1 Å². The molecule has 25 heavy (non-hydrogen) atoms. The summed E-state index contributed by atoms with van der Waals surface area (Å²) in [4.78, 5) is 12.7. The van der Waals surface area contributed by atoms with E-state index in [-0.39, 0.29) is 17.4 Å². The van der Waals surface area contributed by atoms with Gasteiger partial charge in [0.1, 0.15) is 18.5 Å². The molecule has 3 atom stereocenters. The Morgan fingerprint density at radius 2 is 2.04 bits per heavy atom. The molecule has 0 bridgehead atoms. The first kappa shape index (κ1) is 16.9. The van der Waals surface area contributed by atoms with Crippen molar-refractivity contribution in [2.45, 2.75) is 63.4 Å². The molecule has 2 aliphatic rings. The number of anilines is 1. The van der Waals surface area contributed by atoms with Crippen LogP contribution in [0.4, 0.5) is 5.82 Å². The highest BCUT2D eigenvalue weighted by molar-refractivity contribution is 6.74. The molecule has 2 aromatic heterocycles. The molecule has 136 valence electrons. The maximum atomic E-state index is 6.67. The molecule has 2 saturated heterocycles. The monoisotopic (exact) mass is 363 g/mol. The lowest BCUT2D eigenvalue weighted by atomic mass is 10.2. The van der Waals surface area contributed by atoms with Gasteiger partial charge in [0.25, 0.3) is 0 Å². The average Bonchev–Trinajstić information content (AvgIpc) is 2.96. The van der Waals surface area contributed by atoms with Gasteiger partial charge >= 0.3 is 0 Å². The lowest BCUT2D eigenvalue weighted by molar-refractivity contribution is -0.0817. The molecule has 0 aromatic carbocycles. The molecule has 9 heteroatoms. The molecule has 0 saturated carbocycles. The second kappa shape index (κ2) is 5.23. The van der Waals surface area contributed by atoms with E-state index in [9.17, 15) is 0 Å². The average molecular weight is 363 g/mol. The van der Waals surface area contributed by atoms with E-state index in [1.807, 2.05) is 4.57 Å². The van der Waals surface area contributed by atoms with E-state index < -0.39 is 14.1 Å². The van der Waals surface area contributed by atoms with Crippen LogP contribution < -0.4 is 5.73 Å². The Labute approximate surface area is 147 Å². The van der Waals surface area contributed by atoms with Gasteiger partial charge in [-0.2, -0.15) is 0 Å². The fourth-order valence-electron chi connectivity index (χ4n) is 2.97. The summed E-state index contributed by atoms with van der Waals surface area (Å²) in [6.45, 7) is 11.8. The molecule has 2 fully saturated rings. The summed E-state index contributed by atoms with van der Waals surface area (Å²) in [5, 5.41) is 0.112. The van der Waals surface area contributed by atoms with Crippen LogP contribution in [0.1, 0.15) is 33.4 Å². The molecule has 4 rings (SSSR count). The van der Waals surface area contributed by atoms with Crippen molar-refractivity contribution in [1.29, 1.82) is 0 Å². The molecule has 0 amide bonds. The number of nitrogens with zero attached hydrogens (tertiary/aromatic N) is 4. The number of hydrogen-bond acceptors (Lipinski definition) is 7. The third kappa shape index (κ3) is 2.75. The van der Waals surface area contributed by atoms with E-state index >= 15 is 0 Å². The fourth-order valence-corrected chi connectivity index (χ4v) is 4.28. The van der Waals surface area contributed by atoms with Gasteiger partial charge in [0.2, 0.25) is 0 Å². The molecule has 1 spiro atoms. The largest absolute Gasteiger partial charge is 0.409 e. The minimum absolute atomic E-state index is 0.112. The van der Waals surface area contributed by atoms with Crippen LogP contribution in [0, 0.1) is 0 Å². The Balaban J connectivity index is 1.70. The third-order valence-electron chi connectivity index (χ3n) is 5.55. The molecular formula is C16H25N5O3Si. The molecular weight excluding hydrogens is 338 g/mol. The van der Waals surface area contributed by atoms with Crippen molar-refractivity contribution in [2.75, 3.05) is 12.3 Å². The zero-order valence-corrected chi connectivity index (χ0v) is 16.3. The first-order valence-corrected chi connectivity index (χ1v) is 11.5. The normalized spacial score (nSPS) is 29.6. The number of aromatic nitrogens is 4. The van der Waals surface area contributed by atoms with E-state index in [1.54, 1.807) is 6.33 Å². The van der Waals surface area contributed by atoms with Crippen LogP contribution in [-0.4, -0.2) is 46.3 Å². The zero-order chi connectivity index (χ0) is 18.0. The van der Waals surface area contributed by atoms with E-state index in [1.165, 1.54) is 6.33 Å². The summed E-state index contributed by atoms with van der Waals surface area (Å²) in [6.07, 6.45) is 3.40. The van der Waals surface area contributed by atoms with Gasteiger partial charge in [-0.1, -0.05) is 20.8 Å². The molecule has 8 nitrogen and oxygen atoms in total. The van der Waals surface area contributed by atoms with Crippen molar-refractivity contribution < 1.29 is 13.9 Å². The van der Waals surface area contributed by atoms with Gasteiger partial charge in [-0.25, -0.2) is 15.0 Å². The lowest BCUT2D eigenvalue weighted by Gasteiger charge is -2.39. The van der Waals surface area contributed by atoms with Crippen LogP contribution in [0.25, 0.3) is 11.2 Å². The number of ether oxygens (including phenoxy) is 2. The van der Waals surface area contributed by atoms with E-state index in [0.29, 0.717) is 30.0 Å². The highest BCUT2D eigenvalue weighted by Crippen LogP contribution is 2.50. The van der Waals surface area contributed by atoms with Crippen LogP contribution in [0.3, 0.4) is 0 Å². The fraction of sp³-hybridized carbons (Fsp3) is 0.688. The highest BCUT2D eigenvalue weighted by Gasteiger charge is 2.59. The maximum Gasteiger partial charge on any atom is 0.197 e. The van der Waals surface area contributed by atoms with Crippen LogP contribution in [0.5, 0.6) is 0 Å². The van der Waals surface area contributed by atoms with Crippen LogP contribution in [-0.2, 0) is 13.9 Å². The van der Waals surface area contributed by atoms with E-state index in [4.69, 9.17) is 19.6 Å². The lowest BCUT2D eigenvalue weighted by Crippen LogP contribution is -2.45. The number of imidazole rings is 1. The smallest absolute Gasteiger partial charge is 0.197 e. The van der Waals surface area contributed by atoms with Gasteiger partial charge < -0.3 is 19.6 Å². The summed E-state index contributed by atoms with van der Waals surface area (Å²) in [5.74, 6) is -0.159. The molecule has 2 aromatic rings. The van der Waals surface area contributed by atoms with Crippen molar-refractivity contribution in [3.63, 3.8) is 0 Å². The summed E-state index contributed by atoms with van der Waals surface area (Å²) in [7, 11) is -1.96. The predicted molar refractivity (Wildman–Crippen MR) is 95.2 cm³/mol. The van der Waals surface area contributed by atoms with Crippen LogP contribution in [0.15, 0.2) is 12.7 Å². The number of nitrogens with two attached hydrogens (primary N) is 1. The second-order valence-corrected chi connectivity index (χ2v) is 13.2. The standard InChI is InChI=1S/C16H25N5O3Si/c1-15(2,3)25(4,5)24-10-6-16(7-22-16)23-14(10)21-9-20-11-12(17)18-8-19-13(11)21/h8-10,14H,6-7H2,1-5H3,(H2,17,18,19)/t10?,14-,16+/m1/s1. The number of fused-ring (bicyclic) bond motifs is 1. The van der Waals surface area contributed by atoms with Gasteiger partial charge in [0, 0.05) is 6.42 Å². The summed E-state index contributed by atoms with van der Waals surface area (Å²) in [6, 6.07) is 0. The minimum Gasteiger partial charge on any atom is -0.409 e. The van der Waals surface area contributed by atoms with Crippen molar-refractivity contribution >= 4 is 25.3 Å². The highest BCUT2D eigenvalue weighted by atomic mass is 28.4. The molecule has 1 unspecified atom stereocenters. The SMILES string of the molecule is CC(C)(C)[Si](C)(C)OC1C[C@@]2(CO2)O[C@H]1n1cnc2c(N)ncnc21. The Hall–Kier alpha value is -1.55. The number of epoxide rings is 1. The van der Waals surface area contributed by atoms with Crippen molar-refractivity contribution in [1.82, 2.24) is 19.5 Å². The maximum absolute atomic E-state index is 6.67.